The van der Waals surface area contributed by atoms with Gasteiger partial charge in [-0.25, -0.2) is 4.39 Å². The van der Waals surface area contributed by atoms with Crippen LogP contribution in [0.15, 0.2) is 22.8 Å². The number of hydrogen-bond donors (Lipinski definition) is 0. The van der Waals surface area contributed by atoms with Gasteiger partial charge in [-0.05, 0) is 22.0 Å². The molecule has 1 heterocycles. The van der Waals surface area contributed by atoms with Crippen LogP contribution in [-0.2, 0) is 0 Å². The lowest BCUT2D eigenvalue weighted by molar-refractivity contribution is 0.623. The molecular weight excluding hydrogens is 286 g/mol. The van der Waals surface area contributed by atoms with Crippen molar-refractivity contribution in [3.8, 4) is 6.07 Å². The van der Waals surface area contributed by atoms with Crippen molar-refractivity contribution < 1.29 is 8.28 Å². The Labute approximate surface area is 97.0 Å². The summed E-state index contributed by atoms with van der Waals surface area (Å²) in [4.78, 5) is 0. The van der Waals surface area contributed by atoms with Crippen molar-refractivity contribution in [2.24, 2.45) is 0 Å². The highest BCUT2D eigenvalue weighted by Gasteiger charge is 2.12. The third kappa shape index (κ3) is 1.62. The van der Waals surface area contributed by atoms with Gasteiger partial charge in [-0.1, -0.05) is 0 Å². The van der Waals surface area contributed by atoms with E-state index in [9.17, 15) is 8.28 Å². The largest absolute Gasteiger partial charge is 0.262 e. The third-order valence-electron chi connectivity index (χ3n) is 2.01. The van der Waals surface area contributed by atoms with Gasteiger partial charge in [-0.15, -0.1) is 3.89 Å². The number of hydrogen-bond acceptors (Lipinski definition) is 2. The van der Waals surface area contributed by atoms with Gasteiger partial charge in [-0.3, -0.25) is 3.97 Å². The van der Waals surface area contributed by atoms with Crippen LogP contribution in [0.5, 0.6) is 0 Å². The summed E-state index contributed by atoms with van der Waals surface area (Å²) in [7, 11) is 0. The molecule has 0 fully saturated rings. The van der Waals surface area contributed by atoms with Crippen LogP contribution in [0.25, 0.3) is 10.9 Å². The fraction of sp³-hybridized carbons (Fsp3) is 0. The highest BCUT2D eigenvalue weighted by Crippen LogP contribution is 2.29. The van der Waals surface area contributed by atoms with Gasteiger partial charge in [0.05, 0.1) is 15.6 Å². The molecule has 0 aliphatic carbocycles. The van der Waals surface area contributed by atoms with Gasteiger partial charge < -0.3 is 0 Å². The molecule has 15 heavy (non-hydrogen) atoms. The Morgan fingerprint density at radius 1 is 1.47 bits per heavy atom. The van der Waals surface area contributed by atoms with E-state index in [1.807, 2.05) is 6.07 Å². The first-order valence-electron chi connectivity index (χ1n) is 3.86. The minimum Gasteiger partial charge on any atom is -0.262 e. The van der Waals surface area contributed by atoms with Crippen LogP contribution in [0.1, 0.15) is 5.56 Å². The average Bonchev–Trinajstić information content (AvgIpc) is 2.56. The van der Waals surface area contributed by atoms with Crippen LogP contribution in [0.4, 0.5) is 8.28 Å². The van der Waals surface area contributed by atoms with Crippen LogP contribution in [0.3, 0.4) is 0 Å². The minimum absolute atomic E-state index is 0.0674. The molecule has 0 saturated carbocycles. The van der Waals surface area contributed by atoms with Gasteiger partial charge in [0, 0.05) is 17.6 Å². The highest BCUT2D eigenvalue weighted by atomic mass is 79.9. The first-order chi connectivity index (χ1) is 7.17. The van der Waals surface area contributed by atoms with Crippen LogP contribution in [0, 0.1) is 17.1 Å². The summed E-state index contributed by atoms with van der Waals surface area (Å²) in [6, 6.07) is 4.58. The Morgan fingerprint density at radius 3 is 2.80 bits per heavy atom. The molecule has 0 saturated heterocycles. The Balaban J connectivity index is 2.87. The second kappa shape index (κ2) is 3.83. The lowest BCUT2D eigenvalue weighted by Gasteiger charge is -1.98. The Kier molecular flexibility index (Phi) is 2.67. The van der Waals surface area contributed by atoms with Crippen molar-refractivity contribution in [1.29, 1.82) is 5.26 Å². The number of aromatic nitrogens is 1. The van der Waals surface area contributed by atoms with Crippen molar-refractivity contribution in [3.05, 3.63) is 34.2 Å². The quantitative estimate of drug-likeness (QED) is 0.799. The predicted molar refractivity (Wildman–Crippen MR) is 58.4 cm³/mol. The lowest BCUT2D eigenvalue weighted by atomic mass is 10.2. The first kappa shape index (κ1) is 10.5. The van der Waals surface area contributed by atoms with E-state index in [0.717, 1.165) is 3.97 Å². The number of nitrogens with zero attached hydrogens (tertiary/aromatic N) is 2. The summed E-state index contributed by atoms with van der Waals surface area (Å²) >= 11 is 2.95. The summed E-state index contributed by atoms with van der Waals surface area (Å²) in [5.74, 6) is -0.486. The monoisotopic (exact) mass is 288 g/mol. The molecule has 0 amide bonds. The van der Waals surface area contributed by atoms with Crippen molar-refractivity contribution in [3.63, 3.8) is 0 Å². The summed E-state index contributed by atoms with van der Waals surface area (Å²) < 4.78 is 27.0. The van der Waals surface area contributed by atoms with E-state index in [2.05, 4.69) is 15.9 Å². The summed E-state index contributed by atoms with van der Waals surface area (Å²) in [5, 5.41) is 9.32. The molecule has 0 radical (unpaired) electrons. The Morgan fingerprint density at radius 2 is 2.20 bits per heavy atom. The lowest BCUT2D eigenvalue weighted by Crippen LogP contribution is -1.82. The van der Waals surface area contributed by atoms with Gasteiger partial charge in [0.2, 0.25) is 0 Å². The van der Waals surface area contributed by atoms with Gasteiger partial charge in [-0.2, -0.15) is 5.26 Å². The number of rotatable bonds is 1. The number of fused-ring (bicyclic) bond motifs is 1. The maximum atomic E-state index is 13.2. The second-order valence-corrected chi connectivity index (χ2v) is 4.22. The minimum atomic E-state index is -0.486. The number of nitriles is 1. The predicted octanol–water partition coefficient (Wildman–Crippen LogP) is 3.80. The van der Waals surface area contributed by atoms with Crippen LogP contribution in [-0.4, -0.2) is 3.97 Å². The normalized spacial score (nSPS) is 10.5. The maximum Gasteiger partial charge on any atom is 0.169 e. The van der Waals surface area contributed by atoms with Crippen LogP contribution >= 0.6 is 28.3 Å². The molecule has 76 valence electrons. The molecule has 0 bridgehead atoms. The smallest absolute Gasteiger partial charge is 0.169 e. The molecule has 2 nitrogen and oxygen atoms in total. The molecule has 0 unspecified atom stereocenters. The third-order valence-corrected chi connectivity index (χ3v) is 3.07. The first-order valence-corrected chi connectivity index (χ1v) is 5.33. The second-order valence-electron chi connectivity index (χ2n) is 2.83. The summed E-state index contributed by atoms with van der Waals surface area (Å²) in [5.41, 5.74) is 0.663. The Hall–Kier alpha value is -1.06. The zero-order chi connectivity index (χ0) is 11.0. The van der Waals surface area contributed by atoms with Crippen molar-refractivity contribution in [2.75, 3.05) is 0 Å². The van der Waals surface area contributed by atoms with Gasteiger partial charge in [0.15, 0.2) is 12.3 Å². The van der Waals surface area contributed by atoms with E-state index < -0.39 is 5.82 Å². The van der Waals surface area contributed by atoms with E-state index >= 15 is 0 Å². The van der Waals surface area contributed by atoms with Gasteiger partial charge >= 0.3 is 0 Å². The molecule has 6 heteroatoms. The molecular formula is C9H3BrF2N2S. The molecule has 0 aliphatic heterocycles. The number of halogens is 3. The van der Waals surface area contributed by atoms with E-state index in [1.54, 1.807) is 0 Å². The van der Waals surface area contributed by atoms with E-state index in [0.29, 0.717) is 16.5 Å². The molecule has 1 aromatic heterocycles. The maximum absolute atomic E-state index is 13.2. The van der Waals surface area contributed by atoms with Crippen molar-refractivity contribution in [2.45, 2.75) is 0 Å². The van der Waals surface area contributed by atoms with Crippen LogP contribution < -0.4 is 0 Å². The van der Waals surface area contributed by atoms with Crippen molar-refractivity contribution >= 4 is 39.2 Å². The fourth-order valence-corrected chi connectivity index (χ4v) is 2.05. The Bertz CT molecular complexity index is 573. The van der Waals surface area contributed by atoms with Crippen molar-refractivity contribution in [1.82, 2.24) is 3.97 Å². The molecule has 0 atom stereocenters. The fourth-order valence-electron chi connectivity index (χ4n) is 1.34. The van der Waals surface area contributed by atoms with Gasteiger partial charge in [0.1, 0.15) is 11.9 Å². The number of benzene rings is 1. The van der Waals surface area contributed by atoms with Gasteiger partial charge in [0.25, 0.3) is 0 Å². The zero-order valence-electron chi connectivity index (χ0n) is 7.17. The molecule has 0 N–H and O–H groups in total. The van der Waals surface area contributed by atoms with E-state index in [4.69, 9.17) is 5.26 Å². The van der Waals surface area contributed by atoms with E-state index in [-0.39, 0.29) is 16.8 Å². The zero-order valence-corrected chi connectivity index (χ0v) is 9.57. The highest BCUT2D eigenvalue weighted by molar-refractivity contribution is 9.10. The molecule has 0 aliphatic rings. The topological polar surface area (TPSA) is 28.7 Å². The standard InChI is InChI=1S/C9H3BrF2N2S/c10-7-1-6-5(3-13)4-14(15-12)9(6)2-8(7)11/h1-2,4H. The summed E-state index contributed by atoms with van der Waals surface area (Å²) in [6.07, 6.45) is 1.33. The molecule has 1 aromatic carbocycles. The molecule has 2 aromatic rings. The molecule has 0 spiro atoms. The molecule has 2 rings (SSSR count). The summed E-state index contributed by atoms with van der Waals surface area (Å²) in [6.45, 7) is 0. The van der Waals surface area contributed by atoms with Crippen LogP contribution in [0.2, 0.25) is 0 Å². The average molecular weight is 289 g/mol. The van der Waals surface area contributed by atoms with E-state index in [1.165, 1.54) is 18.3 Å². The SMILES string of the molecule is N#Cc1cn(SF)c2cc(F)c(Br)cc12.